The highest BCUT2D eigenvalue weighted by atomic mass is 16.5. The molecule has 3 rings (SSSR count). The lowest BCUT2D eigenvalue weighted by molar-refractivity contribution is -0.121. The molecule has 0 aliphatic heterocycles. The molecule has 1 amide bonds. The van der Waals surface area contributed by atoms with Crippen LogP contribution >= 0.6 is 0 Å². The van der Waals surface area contributed by atoms with Gasteiger partial charge in [-0.15, -0.1) is 0 Å². The van der Waals surface area contributed by atoms with E-state index in [1.807, 2.05) is 37.3 Å². The predicted molar refractivity (Wildman–Crippen MR) is 92.2 cm³/mol. The number of hydrogen-bond donors (Lipinski definition) is 2. The first-order chi connectivity index (χ1) is 12.1. The van der Waals surface area contributed by atoms with Crippen LogP contribution in [0, 0.1) is 12.8 Å². The second-order valence-corrected chi connectivity index (χ2v) is 6.57. The fourth-order valence-corrected chi connectivity index (χ4v) is 3.22. The number of ether oxygens (including phenoxy) is 1. The fraction of sp³-hybridized carbons (Fsp3) is 0.474. The zero-order valence-electron chi connectivity index (χ0n) is 14.4. The third kappa shape index (κ3) is 4.82. The summed E-state index contributed by atoms with van der Waals surface area (Å²) in [6.07, 6.45) is 1.98. The molecule has 3 atom stereocenters. The first kappa shape index (κ1) is 17.5. The molecule has 1 fully saturated rings. The molecule has 0 saturated heterocycles. The number of benzene rings is 1. The van der Waals surface area contributed by atoms with Crippen molar-refractivity contribution in [1.29, 1.82) is 0 Å². The molecule has 2 N–H and O–H groups in total. The van der Waals surface area contributed by atoms with Crippen LogP contribution in [0.1, 0.15) is 30.7 Å². The van der Waals surface area contributed by atoms with Gasteiger partial charge in [-0.3, -0.25) is 4.79 Å². The van der Waals surface area contributed by atoms with Crippen molar-refractivity contribution in [2.24, 2.45) is 5.92 Å². The Hall–Kier alpha value is -2.34. The zero-order chi connectivity index (χ0) is 17.6. The van der Waals surface area contributed by atoms with Crippen LogP contribution in [0.25, 0.3) is 0 Å². The van der Waals surface area contributed by atoms with E-state index in [1.54, 1.807) is 6.07 Å². The number of rotatable bonds is 6. The van der Waals surface area contributed by atoms with Crippen molar-refractivity contribution < 1.29 is 19.2 Å². The SMILES string of the molecule is Cc1cc(CC(=O)NC[C@H]2CCC[C@@H](Oc3ccccc3)[C@@H]2O)on1. The first-order valence-electron chi connectivity index (χ1n) is 8.70. The Balaban J connectivity index is 1.49. The molecule has 134 valence electrons. The van der Waals surface area contributed by atoms with Gasteiger partial charge in [-0.25, -0.2) is 0 Å². The molecule has 1 saturated carbocycles. The van der Waals surface area contributed by atoms with Crippen LogP contribution in [0.3, 0.4) is 0 Å². The molecule has 0 radical (unpaired) electrons. The maximum Gasteiger partial charge on any atom is 0.227 e. The Morgan fingerprint density at radius 3 is 2.88 bits per heavy atom. The van der Waals surface area contributed by atoms with Crippen LogP contribution in [-0.2, 0) is 11.2 Å². The first-order valence-corrected chi connectivity index (χ1v) is 8.70. The lowest BCUT2D eigenvalue weighted by atomic mass is 9.84. The van der Waals surface area contributed by atoms with Crippen molar-refractivity contribution in [3.05, 3.63) is 47.9 Å². The highest BCUT2D eigenvalue weighted by Crippen LogP contribution is 2.28. The van der Waals surface area contributed by atoms with Gasteiger partial charge in [-0.1, -0.05) is 23.4 Å². The van der Waals surface area contributed by atoms with Gasteiger partial charge >= 0.3 is 0 Å². The van der Waals surface area contributed by atoms with Gasteiger partial charge in [0.15, 0.2) is 0 Å². The van der Waals surface area contributed by atoms with Crippen LogP contribution in [0.4, 0.5) is 0 Å². The summed E-state index contributed by atoms with van der Waals surface area (Å²) in [5.74, 6) is 1.17. The summed E-state index contributed by atoms with van der Waals surface area (Å²) in [5.41, 5.74) is 0.756. The van der Waals surface area contributed by atoms with E-state index in [0.29, 0.717) is 12.3 Å². The van der Waals surface area contributed by atoms with Crippen LogP contribution < -0.4 is 10.1 Å². The highest BCUT2D eigenvalue weighted by molar-refractivity contribution is 5.77. The van der Waals surface area contributed by atoms with E-state index in [4.69, 9.17) is 9.26 Å². The second kappa shape index (κ2) is 8.16. The molecule has 1 heterocycles. The summed E-state index contributed by atoms with van der Waals surface area (Å²) in [6.45, 7) is 2.25. The van der Waals surface area contributed by atoms with Crippen molar-refractivity contribution in [1.82, 2.24) is 10.5 Å². The number of carbonyl (C=O) groups excluding carboxylic acids is 1. The molecule has 2 aromatic rings. The lowest BCUT2D eigenvalue weighted by Crippen LogP contribution is -2.46. The second-order valence-electron chi connectivity index (χ2n) is 6.57. The number of aryl methyl sites for hydroxylation is 1. The molecule has 0 bridgehead atoms. The van der Waals surface area contributed by atoms with Gasteiger partial charge in [0.2, 0.25) is 5.91 Å². The van der Waals surface area contributed by atoms with Gasteiger partial charge < -0.3 is 19.7 Å². The maximum atomic E-state index is 12.0. The molecule has 1 aliphatic rings. The number of nitrogens with zero attached hydrogens (tertiary/aromatic N) is 1. The van der Waals surface area contributed by atoms with Crippen LogP contribution in [0.5, 0.6) is 5.75 Å². The van der Waals surface area contributed by atoms with Crippen LogP contribution in [-0.4, -0.2) is 34.9 Å². The quantitative estimate of drug-likeness (QED) is 0.840. The van der Waals surface area contributed by atoms with Crippen molar-refractivity contribution in [2.75, 3.05) is 6.54 Å². The highest BCUT2D eigenvalue weighted by Gasteiger charge is 2.33. The van der Waals surface area contributed by atoms with Gasteiger partial charge in [0.1, 0.15) is 17.6 Å². The third-order valence-corrected chi connectivity index (χ3v) is 4.53. The summed E-state index contributed by atoms with van der Waals surface area (Å²) >= 11 is 0. The van der Waals surface area contributed by atoms with Gasteiger partial charge in [-0.2, -0.15) is 0 Å². The number of nitrogens with one attached hydrogen (secondary N) is 1. The number of carbonyl (C=O) groups is 1. The topological polar surface area (TPSA) is 84.6 Å². The Bertz CT molecular complexity index is 686. The summed E-state index contributed by atoms with van der Waals surface area (Å²) < 4.78 is 11.0. The number of aliphatic hydroxyl groups is 1. The monoisotopic (exact) mass is 344 g/mol. The Labute approximate surface area is 147 Å². The van der Waals surface area contributed by atoms with E-state index in [2.05, 4.69) is 10.5 Å². The number of aromatic nitrogens is 1. The summed E-state index contributed by atoms with van der Waals surface area (Å²) in [6, 6.07) is 11.3. The molecular weight excluding hydrogens is 320 g/mol. The number of aliphatic hydroxyl groups excluding tert-OH is 1. The predicted octanol–water partition coefficient (Wildman–Crippen LogP) is 2.25. The van der Waals surface area contributed by atoms with E-state index in [0.717, 1.165) is 30.7 Å². The molecule has 1 aliphatic carbocycles. The van der Waals surface area contributed by atoms with Gasteiger partial charge in [0, 0.05) is 18.5 Å². The molecule has 0 unspecified atom stereocenters. The van der Waals surface area contributed by atoms with E-state index < -0.39 is 6.10 Å². The minimum atomic E-state index is -0.596. The van der Waals surface area contributed by atoms with Crippen LogP contribution in [0.2, 0.25) is 0 Å². The van der Waals surface area contributed by atoms with Crippen molar-refractivity contribution in [2.45, 2.75) is 44.8 Å². The van der Waals surface area contributed by atoms with Crippen LogP contribution in [0.15, 0.2) is 40.9 Å². The number of amides is 1. The number of hydrogen-bond acceptors (Lipinski definition) is 5. The fourth-order valence-electron chi connectivity index (χ4n) is 3.22. The molecule has 1 aromatic carbocycles. The van der Waals surface area contributed by atoms with E-state index >= 15 is 0 Å². The Kier molecular flexibility index (Phi) is 5.71. The van der Waals surface area contributed by atoms with E-state index in [9.17, 15) is 9.90 Å². The zero-order valence-corrected chi connectivity index (χ0v) is 14.4. The molecule has 1 aromatic heterocycles. The summed E-state index contributed by atoms with van der Waals surface area (Å²) in [4.78, 5) is 12.0. The summed E-state index contributed by atoms with van der Waals surface area (Å²) in [7, 11) is 0. The molecule has 6 nitrogen and oxygen atoms in total. The van der Waals surface area contributed by atoms with Crippen molar-refractivity contribution in [3.63, 3.8) is 0 Å². The molecular formula is C19H24N2O4. The van der Waals surface area contributed by atoms with E-state index in [1.165, 1.54) is 0 Å². The van der Waals surface area contributed by atoms with Crippen molar-refractivity contribution >= 4 is 5.91 Å². The lowest BCUT2D eigenvalue weighted by Gasteiger charge is -2.35. The third-order valence-electron chi connectivity index (χ3n) is 4.53. The Morgan fingerprint density at radius 1 is 1.36 bits per heavy atom. The molecule has 25 heavy (non-hydrogen) atoms. The Morgan fingerprint density at radius 2 is 2.16 bits per heavy atom. The molecule has 0 spiro atoms. The van der Waals surface area contributed by atoms with Gasteiger partial charge in [0.25, 0.3) is 0 Å². The smallest absolute Gasteiger partial charge is 0.227 e. The van der Waals surface area contributed by atoms with Gasteiger partial charge in [0.05, 0.1) is 18.2 Å². The minimum Gasteiger partial charge on any atom is -0.488 e. The molecule has 6 heteroatoms. The average molecular weight is 344 g/mol. The van der Waals surface area contributed by atoms with Gasteiger partial charge in [-0.05, 0) is 38.3 Å². The number of para-hydroxylation sites is 1. The average Bonchev–Trinajstić information content (AvgIpc) is 3.01. The van der Waals surface area contributed by atoms with E-state index in [-0.39, 0.29) is 24.3 Å². The van der Waals surface area contributed by atoms with Crippen molar-refractivity contribution in [3.8, 4) is 5.75 Å². The minimum absolute atomic E-state index is 0.0112. The maximum absolute atomic E-state index is 12.0. The standard InChI is InChI=1S/C19H24N2O4/c1-13-10-16(25-21-13)11-18(22)20-12-14-6-5-9-17(19(14)23)24-15-7-3-2-4-8-15/h2-4,7-8,10,14,17,19,23H,5-6,9,11-12H2,1H3,(H,20,22)/t14-,17-,19-/m1/s1. The largest absolute Gasteiger partial charge is 0.488 e. The summed E-state index contributed by atoms with van der Waals surface area (Å²) in [5, 5.41) is 17.2. The normalized spacial score (nSPS) is 23.2.